The van der Waals surface area contributed by atoms with Gasteiger partial charge in [-0.05, 0) is 49.4 Å². The highest BCUT2D eigenvalue weighted by atomic mass is 16.4. The molecule has 1 N–H and O–H groups in total. The van der Waals surface area contributed by atoms with Crippen LogP contribution in [0.4, 0.5) is 0 Å². The Bertz CT molecular complexity index is 539. The molecule has 20 heavy (non-hydrogen) atoms. The van der Waals surface area contributed by atoms with Crippen molar-refractivity contribution in [2.24, 2.45) is 11.8 Å². The van der Waals surface area contributed by atoms with Crippen LogP contribution in [-0.2, 0) is 4.79 Å². The number of aliphatic carboxylic acids is 1. The van der Waals surface area contributed by atoms with Gasteiger partial charge in [-0.15, -0.1) is 0 Å². The summed E-state index contributed by atoms with van der Waals surface area (Å²) in [4.78, 5) is 25.4. The SMILES string of the molecule is Cc1ccc(C(=O)N2CC(C)CC(C(=O)O)C2)cc1C. The van der Waals surface area contributed by atoms with Crippen molar-refractivity contribution in [2.45, 2.75) is 27.2 Å². The minimum Gasteiger partial charge on any atom is -0.481 e. The molecule has 1 aromatic rings. The van der Waals surface area contributed by atoms with Crippen molar-refractivity contribution in [3.63, 3.8) is 0 Å². The van der Waals surface area contributed by atoms with E-state index in [0.717, 1.165) is 11.1 Å². The molecule has 1 aromatic carbocycles. The molecule has 1 amide bonds. The standard InChI is InChI=1S/C16H21NO3/c1-10-6-14(16(19)20)9-17(8-10)15(18)13-5-4-11(2)12(3)7-13/h4-5,7,10,14H,6,8-9H2,1-3H3,(H,19,20). The topological polar surface area (TPSA) is 57.6 Å². The Labute approximate surface area is 119 Å². The number of carboxylic acids is 1. The molecule has 0 bridgehead atoms. The largest absolute Gasteiger partial charge is 0.481 e. The lowest BCUT2D eigenvalue weighted by atomic mass is 9.90. The van der Waals surface area contributed by atoms with E-state index in [1.54, 1.807) is 4.90 Å². The van der Waals surface area contributed by atoms with Gasteiger partial charge in [0.25, 0.3) is 5.91 Å². The van der Waals surface area contributed by atoms with Crippen molar-refractivity contribution in [2.75, 3.05) is 13.1 Å². The number of likely N-dealkylation sites (tertiary alicyclic amines) is 1. The summed E-state index contributed by atoms with van der Waals surface area (Å²) >= 11 is 0. The fraction of sp³-hybridized carbons (Fsp3) is 0.500. The Morgan fingerprint density at radius 2 is 1.90 bits per heavy atom. The molecule has 0 spiro atoms. The number of aryl methyl sites for hydroxylation is 2. The second-order valence-electron chi connectivity index (χ2n) is 5.89. The van der Waals surface area contributed by atoms with Crippen LogP contribution in [0.15, 0.2) is 18.2 Å². The third-order valence-corrected chi connectivity index (χ3v) is 4.05. The molecular weight excluding hydrogens is 254 g/mol. The summed E-state index contributed by atoms with van der Waals surface area (Å²) in [5.74, 6) is -1.10. The number of rotatable bonds is 2. The lowest BCUT2D eigenvalue weighted by Crippen LogP contribution is -2.45. The van der Waals surface area contributed by atoms with Crippen LogP contribution in [0.2, 0.25) is 0 Å². The smallest absolute Gasteiger partial charge is 0.308 e. The maximum Gasteiger partial charge on any atom is 0.308 e. The second kappa shape index (κ2) is 5.65. The Hall–Kier alpha value is -1.84. The number of hydrogen-bond donors (Lipinski definition) is 1. The summed E-state index contributed by atoms with van der Waals surface area (Å²) in [5.41, 5.74) is 2.87. The summed E-state index contributed by atoms with van der Waals surface area (Å²) in [6.07, 6.45) is 0.645. The van der Waals surface area contributed by atoms with Crippen molar-refractivity contribution in [3.05, 3.63) is 34.9 Å². The molecule has 2 rings (SSSR count). The van der Waals surface area contributed by atoms with Gasteiger partial charge in [0.1, 0.15) is 0 Å². The molecule has 0 aromatic heterocycles. The highest BCUT2D eigenvalue weighted by Crippen LogP contribution is 2.23. The quantitative estimate of drug-likeness (QED) is 0.902. The van der Waals surface area contributed by atoms with Gasteiger partial charge in [0.2, 0.25) is 0 Å². The molecule has 1 heterocycles. The summed E-state index contributed by atoms with van der Waals surface area (Å²) < 4.78 is 0. The lowest BCUT2D eigenvalue weighted by Gasteiger charge is -2.34. The Kier molecular flexibility index (Phi) is 4.12. The Balaban J connectivity index is 2.19. The van der Waals surface area contributed by atoms with Gasteiger partial charge in [0.05, 0.1) is 5.92 Å². The van der Waals surface area contributed by atoms with Gasteiger partial charge in [-0.1, -0.05) is 13.0 Å². The zero-order chi connectivity index (χ0) is 14.9. The first-order valence-electron chi connectivity index (χ1n) is 6.97. The fourth-order valence-corrected chi connectivity index (χ4v) is 2.75. The van der Waals surface area contributed by atoms with E-state index in [0.29, 0.717) is 25.1 Å². The summed E-state index contributed by atoms with van der Waals surface area (Å²) in [7, 11) is 0. The molecule has 4 nitrogen and oxygen atoms in total. The van der Waals surface area contributed by atoms with Gasteiger partial charge in [0, 0.05) is 18.7 Å². The summed E-state index contributed by atoms with van der Waals surface area (Å²) in [5, 5.41) is 9.17. The van der Waals surface area contributed by atoms with Crippen LogP contribution in [0, 0.1) is 25.7 Å². The summed E-state index contributed by atoms with van der Waals surface area (Å²) in [6, 6.07) is 5.64. The van der Waals surface area contributed by atoms with E-state index < -0.39 is 11.9 Å². The predicted molar refractivity (Wildman–Crippen MR) is 76.7 cm³/mol. The number of carboxylic acid groups (broad SMARTS) is 1. The highest BCUT2D eigenvalue weighted by molar-refractivity contribution is 5.94. The van der Waals surface area contributed by atoms with Crippen LogP contribution in [0.3, 0.4) is 0 Å². The first-order chi connectivity index (χ1) is 9.38. The molecule has 1 saturated heterocycles. The van der Waals surface area contributed by atoms with Crippen molar-refractivity contribution in [1.29, 1.82) is 0 Å². The maximum atomic E-state index is 12.5. The van der Waals surface area contributed by atoms with Gasteiger partial charge < -0.3 is 10.0 Å². The third-order valence-electron chi connectivity index (χ3n) is 4.05. The van der Waals surface area contributed by atoms with Crippen molar-refractivity contribution in [1.82, 2.24) is 4.90 Å². The van der Waals surface area contributed by atoms with Gasteiger partial charge in [0.15, 0.2) is 0 Å². The van der Waals surface area contributed by atoms with Crippen molar-refractivity contribution >= 4 is 11.9 Å². The second-order valence-corrected chi connectivity index (χ2v) is 5.89. The fourth-order valence-electron chi connectivity index (χ4n) is 2.75. The molecule has 0 aliphatic carbocycles. The van der Waals surface area contributed by atoms with Crippen LogP contribution in [0.1, 0.15) is 34.8 Å². The number of hydrogen-bond acceptors (Lipinski definition) is 2. The average molecular weight is 275 g/mol. The van der Waals surface area contributed by atoms with Gasteiger partial charge in [-0.2, -0.15) is 0 Å². The van der Waals surface area contributed by atoms with E-state index >= 15 is 0 Å². The summed E-state index contributed by atoms with van der Waals surface area (Å²) in [6.45, 7) is 6.93. The van der Waals surface area contributed by atoms with E-state index in [-0.39, 0.29) is 11.8 Å². The lowest BCUT2D eigenvalue weighted by molar-refractivity contribution is -0.143. The Morgan fingerprint density at radius 3 is 2.50 bits per heavy atom. The minimum atomic E-state index is -0.811. The van der Waals surface area contributed by atoms with Gasteiger partial charge in [-0.25, -0.2) is 0 Å². The van der Waals surface area contributed by atoms with E-state index in [1.165, 1.54) is 0 Å². The molecule has 0 radical (unpaired) electrons. The monoisotopic (exact) mass is 275 g/mol. The minimum absolute atomic E-state index is 0.0640. The highest BCUT2D eigenvalue weighted by Gasteiger charge is 2.32. The zero-order valence-corrected chi connectivity index (χ0v) is 12.2. The average Bonchev–Trinajstić information content (AvgIpc) is 2.40. The number of carbonyl (C=O) groups excluding carboxylic acids is 1. The van der Waals surface area contributed by atoms with Crippen molar-refractivity contribution in [3.8, 4) is 0 Å². The van der Waals surface area contributed by atoms with Crippen LogP contribution >= 0.6 is 0 Å². The van der Waals surface area contributed by atoms with Crippen LogP contribution < -0.4 is 0 Å². The third kappa shape index (κ3) is 3.00. The molecule has 2 unspecified atom stereocenters. The Morgan fingerprint density at radius 1 is 1.20 bits per heavy atom. The van der Waals surface area contributed by atoms with Crippen LogP contribution in [0.25, 0.3) is 0 Å². The molecule has 1 aliphatic rings. The maximum absolute atomic E-state index is 12.5. The normalized spacial score (nSPS) is 22.6. The number of nitrogens with zero attached hydrogens (tertiary/aromatic N) is 1. The molecular formula is C16H21NO3. The van der Waals surface area contributed by atoms with Crippen LogP contribution in [0.5, 0.6) is 0 Å². The van der Waals surface area contributed by atoms with E-state index in [4.69, 9.17) is 5.11 Å². The molecule has 0 saturated carbocycles. The molecule has 4 heteroatoms. The van der Waals surface area contributed by atoms with Crippen molar-refractivity contribution < 1.29 is 14.7 Å². The number of benzene rings is 1. The van der Waals surface area contributed by atoms with E-state index in [2.05, 4.69) is 0 Å². The molecule has 1 aliphatic heterocycles. The molecule has 1 fully saturated rings. The number of amides is 1. The number of piperidine rings is 1. The van der Waals surface area contributed by atoms with Gasteiger partial charge in [-0.3, -0.25) is 9.59 Å². The van der Waals surface area contributed by atoms with E-state index in [1.807, 2.05) is 39.0 Å². The number of carbonyl (C=O) groups is 2. The molecule has 108 valence electrons. The van der Waals surface area contributed by atoms with Gasteiger partial charge >= 0.3 is 5.97 Å². The zero-order valence-electron chi connectivity index (χ0n) is 12.2. The predicted octanol–water partition coefficient (Wildman–Crippen LogP) is 2.49. The van der Waals surface area contributed by atoms with E-state index in [9.17, 15) is 9.59 Å². The first kappa shape index (κ1) is 14.6. The van der Waals surface area contributed by atoms with Crippen LogP contribution in [-0.4, -0.2) is 35.0 Å². The molecule has 2 atom stereocenters. The first-order valence-corrected chi connectivity index (χ1v) is 6.97.